The van der Waals surface area contributed by atoms with Crippen molar-refractivity contribution in [2.45, 2.75) is 72.1 Å². The molecule has 1 unspecified atom stereocenters. The molecule has 0 bridgehead atoms. The number of carbonyl (C=O) groups excluding carboxylic acids is 4. The third-order valence-electron chi connectivity index (χ3n) is 6.08. The third-order valence-corrected chi connectivity index (χ3v) is 7.15. The Hall–Kier alpha value is -2.77. The molecule has 3 rings (SSSR count). The van der Waals surface area contributed by atoms with Crippen LogP contribution in [0.5, 0.6) is 0 Å². The molecule has 14 heteroatoms. The van der Waals surface area contributed by atoms with Gasteiger partial charge in [0.25, 0.3) is 0 Å². The zero-order valence-electron chi connectivity index (χ0n) is 22.9. The average Bonchev–Trinajstić information content (AvgIpc) is 3.41. The fourth-order valence-electron chi connectivity index (χ4n) is 3.91. The van der Waals surface area contributed by atoms with Crippen LogP contribution in [0, 0.1) is 11.8 Å². The lowest BCUT2D eigenvalue weighted by molar-refractivity contribution is -0.173. The molecular formula is C25H34ClN5O7S. The second kappa shape index (κ2) is 13.1. The molecule has 3 heterocycles. The van der Waals surface area contributed by atoms with E-state index in [1.54, 1.807) is 39.2 Å². The highest BCUT2D eigenvalue weighted by molar-refractivity contribution is 8.13. The van der Waals surface area contributed by atoms with Crippen LogP contribution in [0.1, 0.15) is 60.4 Å². The van der Waals surface area contributed by atoms with E-state index in [0.717, 1.165) is 11.8 Å². The molecule has 3 atom stereocenters. The van der Waals surface area contributed by atoms with E-state index in [1.807, 2.05) is 0 Å². The Labute approximate surface area is 235 Å². The molecule has 0 spiro atoms. The van der Waals surface area contributed by atoms with Gasteiger partial charge in [0.1, 0.15) is 12.2 Å². The van der Waals surface area contributed by atoms with E-state index in [4.69, 9.17) is 25.8 Å². The van der Waals surface area contributed by atoms with Crippen molar-refractivity contribution in [1.29, 1.82) is 0 Å². The fourth-order valence-corrected chi connectivity index (χ4v) is 4.65. The summed E-state index contributed by atoms with van der Waals surface area (Å²) in [5.74, 6) is -1.22. The van der Waals surface area contributed by atoms with Crippen molar-refractivity contribution >= 4 is 63.3 Å². The van der Waals surface area contributed by atoms with E-state index < -0.39 is 35.6 Å². The maximum Gasteiger partial charge on any atom is 0.308 e. The molecule has 1 saturated heterocycles. The average molecular weight is 584 g/mol. The molecule has 1 aliphatic rings. The molecular weight excluding hydrogens is 550 g/mol. The van der Waals surface area contributed by atoms with Gasteiger partial charge in [0.2, 0.25) is 11.2 Å². The highest BCUT2D eigenvalue weighted by Crippen LogP contribution is 2.39. The maximum absolute atomic E-state index is 12.7. The Kier molecular flexibility index (Phi) is 10.3. The molecule has 12 nitrogen and oxygen atoms in total. The quantitative estimate of drug-likeness (QED) is 0.235. The largest absolute Gasteiger partial charge is 0.462 e. The number of amides is 1. The summed E-state index contributed by atoms with van der Waals surface area (Å²) in [6, 6.07) is -0.585. The van der Waals surface area contributed by atoms with Crippen LogP contribution in [-0.2, 0) is 33.4 Å². The van der Waals surface area contributed by atoms with Gasteiger partial charge < -0.3 is 24.1 Å². The second-order valence-corrected chi connectivity index (χ2v) is 11.7. The summed E-state index contributed by atoms with van der Waals surface area (Å²) in [5.41, 5.74) is -0.540. The van der Waals surface area contributed by atoms with Gasteiger partial charge in [-0.25, -0.2) is 4.98 Å². The minimum atomic E-state index is -1.14. The van der Waals surface area contributed by atoms with Gasteiger partial charge in [-0.05, 0) is 24.9 Å². The van der Waals surface area contributed by atoms with Crippen LogP contribution in [0.25, 0.3) is 11.2 Å². The highest BCUT2D eigenvalue weighted by Gasteiger charge is 2.52. The zero-order chi connectivity index (χ0) is 28.9. The van der Waals surface area contributed by atoms with Crippen molar-refractivity contribution in [3.8, 4) is 0 Å². The minimum Gasteiger partial charge on any atom is -0.462 e. The van der Waals surface area contributed by atoms with Gasteiger partial charge in [-0.3, -0.25) is 19.2 Å². The first-order valence-corrected chi connectivity index (χ1v) is 14.0. The van der Waals surface area contributed by atoms with Gasteiger partial charge in [0.05, 0.1) is 30.8 Å². The second-order valence-electron chi connectivity index (χ2n) is 10.1. The van der Waals surface area contributed by atoms with Crippen molar-refractivity contribution < 1.29 is 33.4 Å². The van der Waals surface area contributed by atoms with Gasteiger partial charge in [-0.1, -0.05) is 39.5 Å². The van der Waals surface area contributed by atoms with Gasteiger partial charge in [-0.15, -0.1) is 0 Å². The molecule has 1 amide bonds. The van der Waals surface area contributed by atoms with Gasteiger partial charge in [-0.2, -0.15) is 9.97 Å². The molecule has 0 saturated carbocycles. The van der Waals surface area contributed by atoms with E-state index in [1.165, 1.54) is 13.3 Å². The van der Waals surface area contributed by atoms with Crippen molar-refractivity contribution in [3.05, 3.63) is 11.6 Å². The molecule has 214 valence electrons. The van der Waals surface area contributed by atoms with E-state index in [0.29, 0.717) is 23.3 Å². The summed E-state index contributed by atoms with van der Waals surface area (Å²) in [6.45, 7) is 10.1. The monoisotopic (exact) mass is 583 g/mol. The summed E-state index contributed by atoms with van der Waals surface area (Å²) in [7, 11) is 0. The van der Waals surface area contributed by atoms with Gasteiger partial charge in [0, 0.05) is 19.1 Å². The van der Waals surface area contributed by atoms with Crippen molar-refractivity contribution in [2.75, 3.05) is 24.3 Å². The fraction of sp³-hybridized carbons (Fsp3) is 0.640. The molecule has 1 aliphatic heterocycles. The van der Waals surface area contributed by atoms with Crippen LogP contribution < -0.4 is 5.32 Å². The van der Waals surface area contributed by atoms with Crippen LogP contribution in [0.4, 0.5) is 5.82 Å². The van der Waals surface area contributed by atoms with E-state index >= 15 is 0 Å². The summed E-state index contributed by atoms with van der Waals surface area (Å²) in [4.78, 5) is 61.3. The molecule has 2 aromatic rings. The lowest BCUT2D eigenvalue weighted by atomic mass is 9.96. The number of thioether (sulfide) groups is 1. The van der Waals surface area contributed by atoms with E-state index in [-0.39, 0.29) is 47.7 Å². The summed E-state index contributed by atoms with van der Waals surface area (Å²) in [5, 5.41) is 2.59. The van der Waals surface area contributed by atoms with E-state index in [2.05, 4.69) is 20.3 Å². The van der Waals surface area contributed by atoms with Crippen molar-refractivity contribution in [2.24, 2.45) is 11.8 Å². The molecule has 2 aromatic heterocycles. The number of halogens is 1. The van der Waals surface area contributed by atoms with Crippen LogP contribution >= 0.6 is 23.4 Å². The van der Waals surface area contributed by atoms with E-state index in [9.17, 15) is 19.2 Å². The summed E-state index contributed by atoms with van der Waals surface area (Å²) < 4.78 is 19.1. The first kappa shape index (κ1) is 30.8. The third kappa shape index (κ3) is 7.67. The van der Waals surface area contributed by atoms with Crippen LogP contribution in [0.15, 0.2) is 6.33 Å². The van der Waals surface area contributed by atoms with Crippen LogP contribution in [0.3, 0.4) is 0 Å². The number of imidazole rings is 1. The summed E-state index contributed by atoms with van der Waals surface area (Å²) >= 11 is 7.36. The predicted octanol–water partition coefficient (Wildman–Crippen LogP) is 3.58. The smallest absolute Gasteiger partial charge is 0.308 e. The lowest BCUT2D eigenvalue weighted by Gasteiger charge is -2.32. The number of aromatic nitrogens is 4. The Morgan fingerprint density at radius 2 is 1.90 bits per heavy atom. The Balaban J connectivity index is 1.89. The zero-order valence-corrected chi connectivity index (χ0v) is 24.4. The number of hydrogen-bond donors (Lipinski definition) is 1. The number of carbonyl (C=O) groups is 4. The molecule has 0 radical (unpaired) electrons. The SMILES string of the molecule is CC(=O)SCCCC(=O)Nc1nc(Cl)nc2c1ncn2C1CO[C@](C)(COC(=O)C(C)C)[C@H]1OC(=O)C(C)C. The molecule has 39 heavy (non-hydrogen) atoms. The topological polar surface area (TPSA) is 152 Å². The number of nitrogens with zero attached hydrogens (tertiary/aromatic N) is 4. The Bertz CT molecular complexity index is 1240. The molecule has 1 N–H and O–H groups in total. The molecule has 0 aliphatic carbocycles. The number of esters is 2. The Morgan fingerprint density at radius 3 is 2.54 bits per heavy atom. The number of ether oxygens (including phenoxy) is 3. The number of rotatable bonds is 11. The number of fused-ring (bicyclic) bond motifs is 1. The molecule has 0 aromatic carbocycles. The lowest BCUT2D eigenvalue weighted by Crippen LogP contribution is -2.47. The highest BCUT2D eigenvalue weighted by atomic mass is 35.5. The minimum absolute atomic E-state index is 0.00677. The van der Waals surface area contributed by atoms with Crippen LogP contribution in [-0.4, -0.2) is 73.2 Å². The van der Waals surface area contributed by atoms with Crippen molar-refractivity contribution in [3.63, 3.8) is 0 Å². The van der Waals surface area contributed by atoms with Gasteiger partial charge >= 0.3 is 11.9 Å². The predicted molar refractivity (Wildman–Crippen MR) is 145 cm³/mol. The first-order chi connectivity index (χ1) is 18.3. The summed E-state index contributed by atoms with van der Waals surface area (Å²) in [6.07, 6.45) is 1.33. The van der Waals surface area contributed by atoms with Crippen molar-refractivity contribution in [1.82, 2.24) is 19.5 Å². The first-order valence-electron chi connectivity index (χ1n) is 12.7. The maximum atomic E-state index is 12.7. The standard InChI is InChI=1S/C25H34ClN5O7S/c1-13(2)22(34)36-11-25(6)19(38-23(35)14(3)4)16(10-37-25)31-12-27-18-20(29-24(26)30-21(18)31)28-17(33)8-7-9-39-15(5)32/h12-14,16,19H,7-11H2,1-6H3,(H,28,29,30,33)/t16?,19-,25+/m0/s1. The normalized spacial score (nSPS) is 20.9. The number of anilines is 1. The van der Waals surface area contributed by atoms with Crippen LogP contribution in [0.2, 0.25) is 5.28 Å². The number of hydrogen-bond acceptors (Lipinski definition) is 11. The Morgan fingerprint density at radius 1 is 1.21 bits per heavy atom. The number of nitrogens with one attached hydrogen (secondary N) is 1. The molecule has 1 fully saturated rings. The van der Waals surface area contributed by atoms with Gasteiger partial charge in [0.15, 0.2) is 28.2 Å².